The van der Waals surface area contributed by atoms with Crippen molar-refractivity contribution in [2.24, 2.45) is 0 Å². The van der Waals surface area contributed by atoms with Gasteiger partial charge >= 0.3 is 0 Å². The van der Waals surface area contributed by atoms with Gasteiger partial charge < -0.3 is 14.8 Å². The van der Waals surface area contributed by atoms with Crippen molar-refractivity contribution in [1.82, 2.24) is 19.7 Å². The van der Waals surface area contributed by atoms with E-state index in [9.17, 15) is 9.59 Å². The Bertz CT molecular complexity index is 1080. The van der Waals surface area contributed by atoms with E-state index in [1.165, 1.54) is 11.8 Å². The van der Waals surface area contributed by atoms with Crippen LogP contribution in [0.4, 0.5) is 5.69 Å². The summed E-state index contributed by atoms with van der Waals surface area (Å²) in [6.07, 6.45) is 1.99. The average Bonchev–Trinajstić information content (AvgIpc) is 3.54. The highest BCUT2D eigenvalue weighted by Gasteiger charge is 2.23. The first-order valence-electron chi connectivity index (χ1n) is 10.1. The van der Waals surface area contributed by atoms with Crippen LogP contribution >= 0.6 is 34.7 Å². The quantitative estimate of drug-likeness (QED) is 0.503. The van der Waals surface area contributed by atoms with E-state index >= 15 is 0 Å². The topological polar surface area (TPSA) is 80.1 Å². The molecule has 0 unspecified atom stereocenters. The number of carbonyl (C=O) groups is 2. The van der Waals surface area contributed by atoms with Crippen molar-refractivity contribution in [3.63, 3.8) is 0 Å². The lowest BCUT2D eigenvalue weighted by atomic mass is 10.1. The lowest BCUT2D eigenvalue weighted by Crippen LogP contribution is -2.29. The van der Waals surface area contributed by atoms with Gasteiger partial charge in [0.15, 0.2) is 11.0 Å². The Kier molecular flexibility index (Phi) is 6.94. The summed E-state index contributed by atoms with van der Waals surface area (Å²) in [5, 5.41) is 14.6. The Morgan fingerprint density at radius 2 is 2.03 bits per heavy atom. The van der Waals surface area contributed by atoms with Gasteiger partial charge in [0, 0.05) is 24.7 Å². The normalized spacial score (nSPS) is 13.5. The summed E-state index contributed by atoms with van der Waals surface area (Å²) in [6.45, 7) is 4.19. The maximum Gasteiger partial charge on any atom is 0.256 e. The summed E-state index contributed by atoms with van der Waals surface area (Å²) in [4.78, 5) is 28.4. The fourth-order valence-corrected chi connectivity index (χ4v) is 5.17. The van der Waals surface area contributed by atoms with Crippen molar-refractivity contribution >= 4 is 52.2 Å². The molecular weight excluding hydrogens is 454 g/mol. The first-order valence-corrected chi connectivity index (χ1v) is 12.3. The van der Waals surface area contributed by atoms with Crippen LogP contribution in [-0.4, -0.2) is 50.3 Å². The first-order chi connectivity index (χ1) is 15.1. The molecule has 0 bridgehead atoms. The van der Waals surface area contributed by atoms with Crippen LogP contribution in [0.25, 0.3) is 10.7 Å². The molecule has 10 heteroatoms. The van der Waals surface area contributed by atoms with Crippen LogP contribution in [0.2, 0.25) is 5.02 Å². The molecule has 162 valence electrons. The third kappa shape index (κ3) is 4.94. The number of rotatable bonds is 7. The standard InChI is InChI=1S/C21H22ClN5O2S2/c1-2-27-19(17-6-5-11-30-17)24-25-21(27)31-13-18(28)23-16-8-7-14(22)12-15(16)20(29)26-9-3-4-10-26/h5-8,11-12H,2-4,9-10,13H2,1H3,(H,23,28). The van der Waals surface area contributed by atoms with Gasteiger partial charge in [0.25, 0.3) is 5.91 Å². The smallest absolute Gasteiger partial charge is 0.256 e. The van der Waals surface area contributed by atoms with Crippen molar-refractivity contribution in [1.29, 1.82) is 0 Å². The molecule has 3 aromatic rings. The zero-order valence-corrected chi connectivity index (χ0v) is 19.4. The number of thiophene rings is 1. The number of anilines is 1. The summed E-state index contributed by atoms with van der Waals surface area (Å²) in [7, 11) is 0. The number of nitrogens with zero attached hydrogens (tertiary/aromatic N) is 4. The molecule has 0 spiro atoms. The predicted molar refractivity (Wildman–Crippen MR) is 125 cm³/mol. The lowest BCUT2D eigenvalue weighted by Gasteiger charge is -2.18. The largest absolute Gasteiger partial charge is 0.339 e. The van der Waals surface area contributed by atoms with E-state index in [0.29, 0.717) is 28.0 Å². The van der Waals surface area contributed by atoms with Gasteiger partial charge in [-0.15, -0.1) is 21.5 Å². The van der Waals surface area contributed by atoms with Gasteiger partial charge in [0.1, 0.15) is 0 Å². The Morgan fingerprint density at radius 1 is 1.23 bits per heavy atom. The van der Waals surface area contributed by atoms with Crippen LogP contribution in [-0.2, 0) is 11.3 Å². The SMILES string of the molecule is CCn1c(SCC(=O)Nc2ccc(Cl)cc2C(=O)N2CCCC2)nnc1-c1cccs1. The van der Waals surface area contributed by atoms with Crippen LogP contribution in [0.5, 0.6) is 0 Å². The van der Waals surface area contributed by atoms with E-state index in [0.717, 1.165) is 36.6 Å². The highest BCUT2D eigenvalue weighted by atomic mass is 35.5. The summed E-state index contributed by atoms with van der Waals surface area (Å²) in [6, 6.07) is 8.94. The average molecular weight is 476 g/mol. The lowest BCUT2D eigenvalue weighted by molar-refractivity contribution is -0.113. The fourth-order valence-electron chi connectivity index (χ4n) is 3.48. The van der Waals surface area contributed by atoms with Crippen molar-refractivity contribution in [2.45, 2.75) is 31.5 Å². The molecule has 0 saturated carbocycles. The van der Waals surface area contributed by atoms with Crippen molar-refractivity contribution in [2.75, 3.05) is 24.2 Å². The molecule has 7 nitrogen and oxygen atoms in total. The Hall–Kier alpha value is -2.36. The molecule has 0 aliphatic carbocycles. The van der Waals surface area contributed by atoms with Crippen LogP contribution in [0, 0.1) is 0 Å². The zero-order valence-electron chi connectivity index (χ0n) is 17.0. The predicted octanol–water partition coefficient (Wildman–Crippen LogP) is 4.65. The molecule has 3 heterocycles. The molecule has 2 aromatic heterocycles. The van der Waals surface area contributed by atoms with Gasteiger partial charge in [-0.25, -0.2) is 0 Å². The van der Waals surface area contributed by atoms with Crippen LogP contribution < -0.4 is 5.32 Å². The Morgan fingerprint density at radius 3 is 2.74 bits per heavy atom. The summed E-state index contributed by atoms with van der Waals surface area (Å²) >= 11 is 9.04. The highest BCUT2D eigenvalue weighted by molar-refractivity contribution is 7.99. The third-order valence-corrected chi connectivity index (χ3v) is 7.05. The molecular formula is C21H22ClN5O2S2. The number of nitrogens with one attached hydrogen (secondary N) is 1. The van der Waals surface area contributed by atoms with Crippen LogP contribution in [0.3, 0.4) is 0 Å². The number of hydrogen-bond acceptors (Lipinski definition) is 6. The first kappa shape index (κ1) is 21.9. The van der Waals surface area contributed by atoms with E-state index in [1.807, 2.05) is 29.0 Å². The maximum absolute atomic E-state index is 12.9. The third-order valence-electron chi connectivity index (χ3n) is 4.99. The van der Waals surface area contributed by atoms with Gasteiger partial charge in [0.2, 0.25) is 5.91 Å². The van der Waals surface area contributed by atoms with E-state index in [1.54, 1.807) is 34.4 Å². The molecule has 1 saturated heterocycles. The number of halogens is 1. The van der Waals surface area contributed by atoms with E-state index < -0.39 is 0 Å². The molecule has 31 heavy (non-hydrogen) atoms. The van der Waals surface area contributed by atoms with Gasteiger partial charge in [0.05, 0.1) is 21.9 Å². The molecule has 0 atom stereocenters. The minimum Gasteiger partial charge on any atom is -0.339 e. The highest BCUT2D eigenvalue weighted by Crippen LogP contribution is 2.28. The molecule has 1 aromatic carbocycles. The van der Waals surface area contributed by atoms with E-state index in [4.69, 9.17) is 11.6 Å². The van der Waals surface area contributed by atoms with Gasteiger partial charge in [-0.05, 0) is 49.4 Å². The van der Waals surface area contributed by atoms with Crippen molar-refractivity contribution < 1.29 is 9.59 Å². The monoisotopic (exact) mass is 475 g/mol. The zero-order chi connectivity index (χ0) is 21.8. The van der Waals surface area contributed by atoms with Crippen LogP contribution in [0.1, 0.15) is 30.1 Å². The summed E-state index contributed by atoms with van der Waals surface area (Å²) in [5.41, 5.74) is 0.896. The van der Waals surface area contributed by atoms with Crippen molar-refractivity contribution in [3.8, 4) is 10.7 Å². The second-order valence-corrected chi connectivity index (χ2v) is 9.38. The number of aromatic nitrogens is 3. The molecule has 1 aliphatic heterocycles. The van der Waals surface area contributed by atoms with Gasteiger partial charge in [-0.3, -0.25) is 9.59 Å². The van der Waals surface area contributed by atoms with Gasteiger partial charge in [-0.1, -0.05) is 29.4 Å². The minimum absolute atomic E-state index is 0.103. The number of benzene rings is 1. The van der Waals surface area contributed by atoms with Crippen LogP contribution in [0.15, 0.2) is 40.9 Å². The molecule has 1 N–H and O–H groups in total. The fraction of sp³-hybridized carbons (Fsp3) is 0.333. The molecule has 4 rings (SSSR count). The summed E-state index contributed by atoms with van der Waals surface area (Å²) < 4.78 is 1.99. The van der Waals surface area contributed by atoms with E-state index in [-0.39, 0.29) is 17.6 Å². The number of amides is 2. The molecule has 0 radical (unpaired) electrons. The number of carbonyl (C=O) groups excluding carboxylic acids is 2. The second kappa shape index (κ2) is 9.84. The molecule has 1 aliphatic rings. The van der Waals surface area contributed by atoms with Gasteiger partial charge in [-0.2, -0.15) is 0 Å². The maximum atomic E-state index is 12.9. The second-order valence-electron chi connectivity index (χ2n) is 7.05. The molecule has 2 amide bonds. The number of hydrogen-bond donors (Lipinski definition) is 1. The Labute approximate surface area is 193 Å². The molecule has 1 fully saturated rings. The Balaban J connectivity index is 1.45. The number of likely N-dealkylation sites (tertiary alicyclic amines) is 1. The minimum atomic E-state index is -0.217. The summed E-state index contributed by atoms with van der Waals surface area (Å²) in [5.74, 6) is 0.639. The van der Waals surface area contributed by atoms with E-state index in [2.05, 4.69) is 15.5 Å². The number of thioether (sulfide) groups is 1. The van der Waals surface area contributed by atoms with Crippen molar-refractivity contribution in [3.05, 3.63) is 46.3 Å².